The van der Waals surface area contributed by atoms with Crippen molar-refractivity contribution in [1.82, 2.24) is 9.97 Å². The quantitative estimate of drug-likeness (QED) is 0.347. The lowest BCUT2D eigenvalue weighted by atomic mass is 9.86. The minimum atomic E-state index is -0.536. The Balaban J connectivity index is 1.44. The van der Waals surface area contributed by atoms with Crippen LogP contribution in [0.4, 0.5) is 5.82 Å². The van der Waals surface area contributed by atoms with Crippen molar-refractivity contribution in [2.45, 2.75) is 19.3 Å². The predicted octanol–water partition coefficient (Wildman–Crippen LogP) is 6.02. The SMILES string of the molecule is O=C(COC(=O)c1c2c(nc3ccccc13)C(=Cc1cccs1)CCC2)Nc1ccc(Cl)cn1. The molecule has 1 N–H and O–H groups in total. The number of carbonyl (C=O) groups is 2. The van der Waals surface area contributed by atoms with E-state index in [1.54, 1.807) is 23.5 Å². The number of thiophene rings is 1. The number of hydrogen-bond donors (Lipinski definition) is 1. The van der Waals surface area contributed by atoms with Crippen LogP contribution in [0.1, 0.15) is 39.3 Å². The summed E-state index contributed by atoms with van der Waals surface area (Å²) in [6, 6.07) is 14.8. The summed E-state index contributed by atoms with van der Waals surface area (Å²) in [7, 11) is 0. The first-order valence-electron chi connectivity index (χ1n) is 10.8. The van der Waals surface area contributed by atoms with Gasteiger partial charge in [-0.3, -0.25) is 4.79 Å². The van der Waals surface area contributed by atoms with E-state index < -0.39 is 18.5 Å². The highest BCUT2D eigenvalue weighted by molar-refractivity contribution is 7.10. The van der Waals surface area contributed by atoms with Gasteiger partial charge in [-0.05, 0) is 66.1 Å². The minimum Gasteiger partial charge on any atom is -0.452 e. The van der Waals surface area contributed by atoms with Crippen LogP contribution in [0.25, 0.3) is 22.6 Å². The van der Waals surface area contributed by atoms with Crippen molar-refractivity contribution in [2.24, 2.45) is 0 Å². The second-order valence-corrected chi connectivity index (χ2v) is 9.27. The third kappa shape index (κ3) is 4.71. The summed E-state index contributed by atoms with van der Waals surface area (Å²) >= 11 is 7.49. The molecule has 1 aliphatic carbocycles. The molecule has 0 fully saturated rings. The van der Waals surface area contributed by atoms with Gasteiger partial charge in [-0.15, -0.1) is 11.3 Å². The van der Waals surface area contributed by atoms with Gasteiger partial charge >= 0.3 is 5.97 Å². The third-order valence-electron chi connectivity index (χ3n) is 5.56. The molecule has 0 radical (unpaired) electrons. The Labute approximate surface area is 205 Å². The fourth-order valence-electron chi connectivity index (χ4n) is 4.09. The van der Waals surface area contributed by atoms with Gasteiger partial charge in [-0.1, -0.05) is 35.9 Å². The van der Waals surface area contributed by atoms with E-state index in [1.165, 1.54) is 6.20 Å². The van der Waals surface area contributed by atoms with E-state index in [0.717, 1.165) is 51.9 Å². The van der Waals surface area contributed by atoms with E-state index in [0.29, 0.717) is 16.4 Å². The Kier molecular flexibility index (Phi) is 6.38. The molecule has 8 heteroatoms. The average Bonchev–Trinajstić information content (AvgIpc) is 3.36. The molecule has 1 amide bonds. The van der Waals surface area contributed by atoms with Crippen LogP contribution in [0.5, 0.6) is 0 Å². The molecule has 0 bridgehead atoms. The molecule has 1 aromatic carbocycles. The molecule has 0 unspecified atom stereocenters. The molecule has 170 valence electrons. The Hall–Kier alpha value is -3.55. The van der Waals surface area contributed by atoms with Crippen molar-refractivity contribution in [1.29, 1.82) is 0 Å². The maximum atomic E-state index is 13.3. The lowest BCUT2D eigenvalue weighted by Gasteiger charge is -2.22. The number of fused-ring (bicyclic) bond motifs is 2. The number of allylic oxidation sites excluding steroid dienone is 1. The Morgan fingerprint density at radius 3 is 2.79 bits per heavy atom. The fourth-order valence-corrected chi connectivity index (χ4v) is 4.88. The zero-order chi connectivity index (χ0) is 23.5. The highest BCUT2D eigenvalue weighted by atomic mass is 35.5. The highest BCUT2D eigenvalue weighted by Crippen LogP contribution is 2.36. The largest absolute Gasteiger partial charge is 0.452 e. The molecule has 0 aliphatic heterocycles. The summed E-state index contributed by atoms with van der Waals surface area (Å²) in [4.78, 5) is 35.7. The van der Waals surface area contributed by atoms with Crippen LogP contribution in [0, 0.1) is 0 Å². The van der Waals surface area contributed by atoms with E-state index >= 15 is 0 Å². The molecule has 0 saturated heterocycles. The van der Waals surface area contributed by atoms with Crippen molar-refractivity contribution in [3.63, 3.8) is 0 Å². The summed E-state index contributed by atoms with van der Waals surface area (Å²) < 4.78 is 5.45. The summed E-state index contributed by atoms with van der Waals surface area (Å²) in [6.07, 6.45) is 6.10. The van der Waals surface area contributed by atoms with Crippen molar-refractivity contribution in [3.05, 3.63) is 86.8 Å². The number of pyridine rings is 2. The van der Waals surface area contributed by atoms with Crippen LogP contribution < -0.4 is 5.32 Å². The average molecular weight is 490 g/mol. The van der Waals surface area contributed by atoms with Crippen molar-refractivity contribution >= 4 is 63.2 Å². The predicted molar refractivity (Wildman–Crippen MR) is 135 cm³/mol. The van der Waals surface area contributed by atoms with Crippen LogP contribution in [0.3, 0.4) is 0 Å². The zero-order valence-electron chi connectivity index (χ0n) is 18.1. The number of rotatable bonds is 5. The van der Waals surface area contributed by atoms with Gasteiger partial charge in [0.25, 0.3) is 5.91 Å². The van der Waals surface area contributed by atoms with E-state index in [-0.39, 0.29) is 0 Å². The number of benzene rings is 1. The summed E-state index contributed by atoms with van der Waals surface area (Å²) in [6.45, 7) is -0.424. The number of hydrogen-bond acceptors (Lipinski definition) is 6. The fraction of sp³-hybridized carbons (Fsp3) is 0.154. The molecule has 4 aromatic rings. The van der Waals surface area contributed by atoms with Gasteiger partial charge in [0.05, 0.1) is 21.8 Å². The second kappa shape index (κ2) is 9.75. The Bertz CT molecular complexity index is 1400. The highest BCUT2D eigenvalue weighted by Gasteiger charge is 2.26. The molecule has 34 heavy (non-hydrogen) atoms. The van der Waals surface area contributed by atoms with Gasteiger partial charge < -0.3 is 10.1 Å². The summed E-state index contributed by atoms with van der Waals surface area (Å²) in [5, 5.41) is 5.83. The number of carbonyl (C=O) groups excluding carboxylic acids is 2. The van der Waals surface area contributed by atoms with E-state index in [1.807, 2.05) is 35.7 Å². The second-order valence-electron chi connectivity index (χ2n) is 7.86. The molecular formula is C26H20ClN3O3S. The molecule has 1 aliphatic rings. The lowest BCUT2D eigenvalue weighted by molar-refractivity contribution is -0.119. The van der Waals surface area contributed by atoms with Gasteiger partial charge in [0.15, 0.2) is 6.61 Å². The van der Waals surface area contributed by atoms with Gasteiger partial charge in [-0.25, -0.2) is 14.8 Å². The summed E-state index contributed by atoms with van der Waals surface area (Å²) in [5.74, 6) is -0.680. The zero-order valence-corrected chi connectivity index (χ0v) is 19.7. The van der Waals surface area contributed by atoms with Crippen LogP contribution in [-0.4, -0.2) is 28.5 Å². The van der Waals surface area contributed by atoms with Gasteiger partial charge in [0.2, 0.25) is 0 Å². The molecular weight excluding hydrogens is 470 g/mol. The van der Waals surface area contributed by atoms with Crippen LogP contribution in [0.2, 0.25) is 5.02 Å². The number of amides is 1. The molecule has 0 saturated carbocycles. The number of nitrogens with one attached hydrogen (secondary N) is 1. The van der Waals surface area contributed by atoms with Gasteiger partial charge in [0, 0.05) is 16.5 Å². The number of ether oxygens (including phenoxy) is 1. The van der Waals surface area contributed by atoms with E-state index in [2.05, 4.69) is 22.4 Å². The standard InChI is InChI=1S/C26H20ClN3O3S/c27-17-10-11-22(28-14-17)30-23(31)15-33-26(32)24-19-7-1-2-9-21(19)29-25-16(5-3-8-20(24)25)13-18-6-4-12-34-18/h1-2,4,6-7,9-14H,3,5,8,15H2,(H,28,30,31). The number of aromatic nitrogens is 2. The first kappa shape index (κ1) is 22.3. The minimum absolute atomic E-state index is 0.334. The maximum absolute atomic E-state index is 13.3. The van der Waals surface area contributed by atoms with Crippen molar-refractivity contribution in [3.8, 4) is 0 Å². The molecule has 3 aromatic heterocycles. The molecule has 6 nitrogen and oxygen atoms in total. The van der Waals surface area contributed by atoms with Gasteiger partial charge in [-0.2, -0.15) is 0 Å². The third-order valence-corrected chi connectivity index (χ3v) is 6.61. The van der Waals surface area contributed by atoms with Crippen molar-refractivity contribution in [2.75, 3.05) is 11.9 Å². The molecule has 0 atom stereocenters. The number of para-hydroxylation sites is 1. The molecule has 3 heterocycles. The van der Waals surface area contributed by atoms with Crippen LogP contribution in [0.15, 0.2) is 60.1 Å². The first-order chi connectivity index (χ1) is 16.6. The smallest absolute Gasteiger partial charge is 0.339 e. The van der Waals surface area contributed by atoms with E-state index in [4.69, 9.17) is 21.3 Å². The number of halogens is 1. The number of anilines is 1. The first-order valence-corrected chi connectivity index (χ1v) is 12.1. The number of esters is 1. The maximum Gasteiger partial charge on any atom is 0.339 e. The van der Waals surface area contributed by atoms with Crippen LogP contribution >= 0.6 is 22.9 Å². The van der Waals surface area contributed by atoms with Gasteiger partial charge in [0.1, 0.15) is 5.82 Å². The summed E-state index contributed by atoms with van der Waals surface area (Å²) in [5.41, 5.74) is 4.02. The monoisotopic (exact) mass is 489 g/mol. The van der Waals surface area contributed by atoms with E-state index in [9.17, 15) is 9.59 Å². The number of nitrogens with zero attached hydrogens (tertiary/aromatic N) is 2. The topological polar surface area (TPSA) is 81.2 Å². The molecule has 0 spiro atoms. The Morgan fingerprint density at radius 2 is 2.00 bits per heavy atom. The Morgan fingerprint density at radius 1 is 1.12 bits per heavy atom. The lowest BCUT2D eigenvalue weighted by Crippen LogP contribution is -2.23. The van der Waals surface area contributed by atoms with Crippen LogP contribution in [-0.2, 0) is 16.0 Å². The normalized spacial score (nSPS) is 14.1. The van der Waals surface area contributed by atoms with Crippen molar-refractivity contribution < 1.29 is 14.3 Å². The molecule has 5 rings (SSSR count).